The molecule has 1 fully saturated rings. The zero-order chi connectivity index (χ0) is 27.4. The van der Waals surface area contributed by atoms with Crippen molar-refractivity contribution in [2.75, 3.05) is 62.5 Å². The molecule has 1 saturated heterocycles. The van der Waals surface area contributed by atoms with Crippen LogP contribution in [0, 0.1) is 5.82 Å². The molecule has 0 radical (unpaired) electrons. The Hall–Kier alpha value is -4.55. The number of hydrogen-bond donors (Lipinski definition) is 4. The number of amides is 1. The Balaban J connectivity index is 1.45. The van der Waals surface area contributed by atoms with Crippen LogP contribution in [0.4, 0.5) is 27.4 Å². The van der Waals surface area contributed by atoms with Gasteiger partial charge in [-0.3, -0.25) is 9.89 Å². The highest BCUT2D eigenvalue weighted by molar-refractivity contribution is 6.00. The number of aromatic nitrogens is 4. The molecule has 0 bridgehead atoms. The summed E-state index contributed by atoms with van der Waals surface area (Å²) in [4.78, 5) is 25.4. The number of hydrogen-bond acceptors (Lipinski definition) is 9. The predicted octanol–water partition coefficient (Wildman–Crippen LogP) is 3.50. The average molecular weight is 533 g/mol. The van der Waals surface area contributed by atoms with Gasteiger partial charge in [-0.15, -0.1) is 0 Å². The third-order valence-corrected chi connectivity index (χ3v) is 6.12. The number of H-pyrrole nitrogens is 1. The van der Waals surface area contributed by atoms with Gasteiger partial charge < -0.3 is 30.3 Å². The molecule has 39 heavy (non-hydrogen) atoms. The van der Waals surface area contributed by atoms with E-state index in [-0.39, 0.29) is 23.2 Å². The summed E-state index contributed by atoms with van der Waals surface area (Å²) in [5.74, 6) is -0.467. The number of carbonyl (C=O) groups excluding carboxylic acids is 1. The van der Waals surface area contributed by atoms with Crippen LogP contribution in [0.15, 0.2) is 54.7 Å². The Kier molecular flexibility index (Phi) is 7.66. The number of rotatable bonds is 8. The van der Waals surface area contributed by atoms with E-state index < -0.39 is 5.82 Å². The normalized spacial score (nSPS) is 13.9. The highest BCUT2D eigenvalue weighted by atomic mass is 19.1. The number of phenolic OH excluding ortho intramolecular Hbond substituents is 1. The van der Waals surface area contributed by atoms with E-state index >= 15 is 4.39 Å². The summed E-state index contributed by atoms with van der Waals surface area (Å²) in [6.07, 6.45) is 4.71. The van der Waals surface area contributed by atoms with Crippen LogP contribution < -0.4 is 15.5 Å². The molecule has 202 valence electrons. The van der Waals surface area contributed by atoms with Gasteiger partial charge in [0.2, 0.25) is 11.9 Å². The second kappa shape index (κ2) is 11.5. The summed E-state index contributed by atoms with van der Waals surface area (Å²) in [5.41, 5.74) is 2.63. The minimum absolute atomic E-state index is 0.158. The fourth-order valence-corrected chi connectivity index (χ4v) is 4.22. The summed E-state index contributed by atoms with van der Waals surface area (Å²) >= 11 is 0. The Labute approximate surface area is 224 Å². The van der Waals surface area contributed by atoms with Crippen molar-refractivity contribution in [1.82, 2.24) is 25.1 Å². The Bertz CT molecular complexity index is 1510. The van der Waals surface area contributed by atoms with Gasteiger partial charge in [0.1, 0.15) is 11.6 Å². The smallest absolute Gasteiger partial charge is 0.248 e. The van der Waals surface area contributed by atoms with Gasteiger partial charge in [-0.05, 0) is 50.5 Å². The number of ether oxygens (including phenoxy) is 1. The second-order valence-electron chi connectivity index (χ2n) is 9.30. The van der Waals surface area contributed by atoms with Crippen molar-refractivity contribution in [3.8, 4) is 17.0 Å². The standard InChI is InChI=1S/C27H29FN8O3/c1-35(2)9-3-4-24(38)30-17-5-7-21(28)19(14-17)25-20-16-29-34-26(20)33-27(32-25)31-18-6-8-23(37)22(15-18)36-10-12-39-13-11-36/h3-8,14-16,37H,9-13H2,1-2H3,(H,30,38)(H2,29,31,32,33,34)/b4-3+. The van der Waals surface area contributed by atoms with Gasteiger partial charge in [0.25, 0.3) is 0 Å². The zero-order valence-electron chi connectivity index (χ0n) is 21.6. The van der Waals surface area contributed by atoms with E-state index in [1.807, 2.05) is 23.9 Å². The monoisotopic (exact) mass is 532 g/mol. The van der Waals surface area contributed by atoms with Crippen LogP contribution in [0.5, 0.6) is 5.75 Å². The molecule has 12 heteroatoms. The third-order valence-electron chi connectivity index (χ3n) is 6.12. The van der Waals surface area contributed by atoms with Crippen molar-refractivity contribution in [2.24, 2.45) is 0 Å². The molecular weight excluding hydrogens is 503 g/mol. The molecule has 0 spiro atoms. The van der Waals surface area contributed by atoms with Gasteiger partial charge in [0.15, 0.2) is 5.65 Å². The van der Waals surface area contributed by atoms with E-state index in [9.17, 15) is 9.90 Å². The first-order chi connectivity index (χ1) is 18.9. The van der Waals surface area contributed by atoms with Crippen molar-refractivity contribution in [3.05, 3.63) is 60.6 Å². The van der Waals surface area contributed by atoms with Crippen molar-refractivity contribution in [1.29, 1.82) is 0 Å². The zero-order valence-corrected chi connectivity index (χ0v) is 21.6. The van der Waals surface area contributed by atoms with Crippen LogP contribution >= 0.6 is 0 Å². The van der Waals surface area contributed by atoms with E-state index in [4.69, 9.17) is 4.74 Å². The summed E-state index contributed by atoms with van der Waals surface area (Å²) < 4.78 is 20.5. The average Bonchev–Trinajstić information content (AvgIpc) is 3.39. The molecule has 0 saturated carbocycles. The largest absolute Gasteiger partial charge is 0.506 e. The third kappa shape index (κ3) is 6.13. The number of carbonyl (C=O) groups is 1. The Morgan fingerprint density at radius 1 is 1.18 bits per heavy atom. The fraction of sp³-hybridized carbons (Fsp3) is 0.259. The number of morpholine rings is 1. The van der Waals surface area contributed by atoms with Crippen molar-refractivity contribution >= 4 is 40.0 Å². The molecule has 2 aromatic heterocycles. The molecule has 11 nitrogen and oxygen atoms in total. The molecular formula is C27H29FN8O3. The minimum Gasteiger partial charge on any atom is -0.506 e. The highest BCUT2D eigenvalue weighted by Crippen LogP contribution is 2.34. The van der Waals surface area contributed by atoms with Gasteiger partial charge >= 0.3 is 0 Å². The van der Waals surface area contributed by atoms with Crippen molar-refractivity contribution in [2.45, 2.75) is 0 Å². The van der Waals surface area contributed by atoms with Crippen LogP contribution in [0.2, 0.25) is 0 Å². The van der Waals surface area contributed by atoms with E-state index in [2.05, 4.69) is 30.8 Å². The first kappa shape index (κ1) is 26.1. The molecule has 5 rings (SSSR count). The number of aromatic hydroxyl groups is 1. The lowest BCUT2D eigenvalue weighted by molar-refractivity contribution is -0.111. The molecule has 0 atom stereocenters. The Morgan fingerprint density at radius 2 is 1.97 bits per heavy atom. The maximum atomic E-state index is 15.1. The molecule has 4 aromatic rings. The lowest BCUT2D eigenvalue weighted by atomic mass is 10.1. The fourth-order valence-electron chi connectivity index (χ4n) is 4.22. The second-order valence-corrected chi connectivity index (χ2v) is 9.30. The highest BCUT2D eigenvalue weighted by Gasteiger charge is 2.18. The SMILES string of the molecule is CN(C)C/C=C/C(=O)Nc1ccc(F)c(-c2nc(Nc3ccc(O)c(N4CCOCC4)c3)nc3[nH]ncc23)c1. The lowest BCUT2D eigenvalue weighted by Crippen LogP contribution is -2.36. The number of phenols is 1. The molecule has 4 N–H and O–H groups in total. The first-order valence-electron chi connectivity index (χ1n) is 12.4. The molecule has 1 aliphatic heterocycles. The number of nitrogens with zero attached hydrogens (tertiary/aromatic N) is 5. The molecule has 0 aliphatic carbocycles. The molecule has 2 aromatic carbocycles. The van der Waals surface area contributed by atoms with Crippen LogP contribution in [-0.4, -0.2) is 83.0 Å². The Morgan fingerprint density at radius 3 is 2.77 bits per heavy atom. The first-order valence-corrected chi connectivity index (χ1v) is 12.4. The number of fused-ring (bicyclic) bond motifs is 1. The van der Waals surface area contributed by atoms with Gasteiger partial charge in [-0.25, -0.2) is 9.37 Å². The van der Waals surface area contributed by atoms with Crippen LogP contribution in [-0.2, 0) is 9.53 Å². The van der Waals surface area contributed by atoms with E-state index in [1.54, 1.807) is 24.3 Å². The number of nitrogens with one attached hydrogen (secondary N) is 3. The summed E-state index contributed by atoms with van der Waals surface area (Å²) in [5, 5.41) is 23.7. The van der Waals surface area contributed by atoms with Crippen LogP contribution in [0.25, 0.3) is 22.3 Å². The summed E-state index contributed by atoms with van der Waals surface area (Å²) in [7, 11) is 3.81. The van der Waals surface area contributed by atoms with Crippen molar-refractivity contribution in [3.63, 3.8) is 0 Å². The summed E-state index contributed by atoms with van der Waals surface area (Å²) in [6, 6.07) is 9.42. The van der Waals surface area contributed by atoms with Gasteiger partial charge in [-0.1, -0.05) is 6.08 Å². The quantitative estimate of drug-likeness (QED) is 0.199. The number of benzene rings is 2. The molecule has 1 amide bonds. The van der Waals surface area contributed by atoms with Crippen LogP contribution in [0.3, 0.4) is 0 Å². The molecule has 0 unspecified atom stereocenters. The minimum atomic E-state index is -0.512. The van der Waals surface area contributed by atoms with Gasteiger partial charge in [0.05, 0.1) is 36.2 Å². The van der Waals surface area contributed by atoms with E-state index in [1.165, 1.54) is 30.5 Å². The van der Waals surface area contributed by atoms with Gasteiger partial charge in [-0.2, -0.15) is 10.1 Å². The summed E-state index contributed by atoms with van der Waals surface area (Å²) in [6.45, 7) is 3.10. The maximum Gasteiger partial charge on any atom is 0.248 e. The number of likely N-dealkylation sites (N-methyl/N-ethyl adjacent to an activating group) is 1. The lowest BCUT2D eigenvalue weighted by Gasteiger charge is -2.29. The maximum absolute atomic E-state index is 15.1. The predicted molar refractivity (Wildman–Crippen MR) is 148 cm³/mol. The van der Waals surface area contributed by atoms with Gasteiger partial charge in [0, 0.05) is 42.6 Å². The van der Waals surface area contributed by atoms with E-state index in [0.29, 0.717) is 66.6 Å². The van der Waals surface area contributed by atoms with Crippen molar-refractivity contribution < 1.29 is 19.0 Å². The number of aromatic amines is 1. The number of halogens is 1. The number of anilines is 4. The molecule has 3 heterocycles. The van der Waals surface area contributed by atoms with E-state index in [0.717, 1.165) is 0 Å². The van der Waals surface area contributed by atoms with Crippen LogP contribution in [0.1, 0.15) is 0 Å². The topological polar surface area (TPSA) is 132 Å². The molecule has 1 aliphatic rings.